The maximum atomic E-state index is 10.9. The lowest BCUT2D eigenvalue weighted by Crippen LogP contribution is -2.57. The lowest BCUT2D eigenvalue weighted by atomic mass is 9.41. The second-order valence-corrected chi connectivity index (χ2v) is 14.9. The largest absolute Gasteiger partial charge is 0.393 e. The third-order valence-corrected chi connectivity index (χ3v) is 13.6. The molecule has 0 heterocycles. The van der Waals surface area contributed by atoms with Crippen molar-refractivity contribution < 1.29 is 5.11 Å². The van der Waals surface area contributed by atoms with Crippen molar-refractivity contribution in [2.75, 3.05) is 0 Å². The zero-order valence-corrected chi connectivity index (χ0v) is 22.4. The first-order chi connectivity index (χ1) is 14.9. The Bertz CT molecular complexity index is 779. The van der Waals surface area contributed by atoms with E-state index in [-0.39, 0.29) is 11.5 Å². The van der Waals surface area contributed by atoms with E-state index in [9.17, 15) is 5.11 Å². The first-order valence-electron chi connectivity index (χ1n) is 14.2. The van der Waals surface area contributed by atoms with Crippen LogP contribution in [0.3, 0.4) is 0 Å². The molecule has 5 aliphatic rings. The molecule has 5 fully saturated rings. The number of allylic oxidation sites excluding steroid dienone is 1. The average molecular weight is 441 g/mol. The smallest absolute Gasteiger partial charge is 0.0594 e. The normalized spacial score (nSPS) is 51.9. The number of hydrogen-bond donors (Lipinski definition) is 1. The molecule has 0 aromatic heterocycles. The van der Waals surface area contributed by atoms with Crippen LogP contribution in [-0.4, -0.2) is 11.2 Å². The van der Waals surface area contributed by atoms with Gasteiger partial charge in [-0.2, -0.15) is 0 Å². The Morgan fingerprint density at radius 3 is 2.19 bits per heavy atom. The molecular formula is C31H52O. The monoisotopic (exact) mass is 440 g/mol. The SMILES string of the molecule is C=C(CC[C@@H](C)[C@@H]1CC[C@]2(C)[C@H]3CC[C@H]4C(C)(C)[C@@H](O)CC[C@@]45C[C@@]35CC[C@@]12C)C(C)C. The minimum absolute atomic E-state index is 0.0888. The summed E-state index contributed by atoms with van der Waals surface area (Å²) in [6.07, 6.45) is 15.0. The van der Waals surface area contributed by atoms with Crippen LogP contribution >= 0.6 is 0 Å². The van der Waals surface area contributed by atoms with Gasteiger partial charge in [-0.25, -0.2) is 0 Å². The summed E-state index contributed by atoms with van der Waals surface area (Å²) < 4.78 is 0. The van der Waals surface area contributed by atoms with Crippen LogP contribution in [0.25, 0.3) is 0 Å². The van der Waals surface area contributed by atoms with E-state index in [1.807, 2.05) is 0 Å². The highest BCUT2D eigenvalue weighted by atomic mass is 16.3. The van der Waals surface area contributed by atoms with E-state index in [0.29, 0.717) is 27.6 Å². The van der Waals surface area contributed by atoms with Crippen LogP contribution in [0, 0.1) is 56.7 Å². The van der Waals surface area contributed by atoms with Crippen LogP contribution in [0.2, 0.25) is 0 Å². The highest BCUT2D eigenvalue weighted by Crippen LogP contribution is 2.89. The highest BCUT2D eigenvalue weighted by Gasteiger charge is 2.82. The van der Waals surface area contributed by atoms with Crippen molar-refractivity contribution in [3.05, 3.63) is 12.2 Å². The third kappa shape index (κ3) is 2.73. The van der Waals surface area contributed by atoms with Gasteiger partial charge in [0.05, 0.1) is 6.10 Å². The predicted octanol–water partition coefficient (Wildman–Crippen LogP) is 8.41. The van der Waals surface area contributed by atoms with Gasteiger partial charge in [-0.05, 0) is 127 Å². The van der Waals surface area contributed by atoms with E-state index in [1.54, 1.807) is 0 Å². The Labute approximate surface area is 199 Å². The summed E-state index contributed by atoms with van der Waals surface area (Å²) in [5.74, 6) is 4.02. The van der Waals surface area contributed by atoms with E-state index in [4.69, 9.17) is 0 Å². The van der Waals surface area contributed by atoms with E-state index in [1.165, 1.54) is 69.8 Å². The quantitative estimate of drug-likeness (QED) is 0.425. The van der Waals surface area contributed by atoms with Crippen LogP contribution in [0.15, 0.2) is 12.2 Å². The van der Waals surface area contributed by atoms with Gasteiger partial charge in [-0.1, -0.05) is 60.6 Å². The first kappa shape index (κ1) is 23.4. The summed E-state index contributed by atoms with van der Waals surface area (Å²) in [5, 5.41) is 10.9. The summed E-state index contributed by atoms with van der Waals surface area (Å²) in [5.41, 5.74) is 3.79. The Morgan fingerprint density at radius 2 is 1.50 bits per heavy atom. The molecule has 0 aromatic carbocycles. The maximum absolute atomic E-state index is 10.9. The number of fused-ring (bicyclic) bond motifs is 2. The maximum Gasteiger partial charge on any atom is 0.0594 e. The first-order valence-corrected chi connectivity index (χ1v) is 14.2. The summed E-state index contributed by atoms with van der Waals surface area (Å²) in [6.45, 7) is 21.8. The van der Waals surface area contributed by atoms with Gasteiger partial charge >= 0.3 is 0 Å². The molecule has 0 amide bonds. The molecule has 2 spiro atoms. The minimum Gasteiger partial charge on any atom is -0.393 e. The third-order valence-electron chi connectivity index (χ3n) is 13.6. The minimum atomic E-state index is -0.0888. The molecule has 0 radical (unpaired) electrons. The Morgan fingerprint density at radius 1 is 0.844 bits per heavy atom. The molecule has 32 heavy (non-hydrogen) atoms. The van der Waals surface area contributed by atoms with Gasteiger partial charge in [0.1, 0.15) is 0 Å². The molecule has 1 heteroatoms. The van der Waals surface area contributed by atoms with Crippen LogP contribution in [0.1, 0.15) is 119 Å². The zero-order valence-electron chi connectivity index (χ0n) is 22.4. The van der Waals surface area contributed by atoms with Crippen molar-refractivity contribution in [3.63, 3.8) is 0 Å². The summed E-state index contributed by atoms with van der Waals surface area (Å²) in [4.78, 5) is 0. The van der Waals surface area contributed by atoms with Gasteiger partial charge in [-0.3, -0.25) is 0 Å². The number of rotatable bonds is 5. The number of aliphatic hydroxyl groups is 1. The molecule has 0 bridgehead atoms. The van der Waals surface area contributed by atoms with E-state index in [0.717, 1.165) is 30.1 Å². The Balaban J connectivity index is 1.39. The van der Waals surface area contributed by atoms with Crippen molar-refractivity contribution in [2.24, 2.45) is 56.7 Å². The summed E-state index contributed by atoms with van der Waals surface area (Å²) >= 11 is 0. The second kappa shape index (κ2) is 7.11. The van der Waals surface area contributed by atoms with Gasteiger partial charge in [0.25, 0.3) is 0 Å². The summed E-state index contributed by atoms with van der Waals surface area (Å²) in [7, 11) is 0. The van der Waals surface area contributed by atoms with Crippen LogP contribution in [0.4, 0.5) is 0 Å². The molecule has 0 aliphatic heterocycles. The standard InChI is InChI=1S/C31H52O/c1-20(2)21(3)9-10-22(4)23-13-15-29(8)25-12-11-24-27(5,6)26(32)14-16-30(24)19-31(25,30)18-17-28(23,29)7/h20,22-26,32H,3,9-19H2,1-2,4-8H3/t22-,23+,24+,25-,26+,28+,29-,30-,31+/m1/s1. The molecule has 0 unspecified atom stereocenters. The number of hydrogen-bond acceptors (Lipinski definition) is 1. The fourth-order valence-corrected chi connectivity index (χ4v) is 11.2. The average Bonchev–Trinajstić information content (AvgIpc) is 3.31. The van der Waals surface area contributed by atoms with Crippen molar-refractivity contribution in [3.8, 4) is 0 Å². The van der Waals surface area contributed by atoms with E-state index < -0.39 is 0 Å². The Kier molecular flexibility index (Phi) is 5.21. The molecule has 5 aliphatic carbocycles. The van der Waals surface area contributed by atoms with Crippen LogP contribution < -0.4 is 0 Å². The topological polar surface area (TPSA) is 20.2 Å². The van der Waals surface area contributed by atoms with E-state index in [2.05, 4.69) is 55.0 Å². The molecule has 1 N–H and O–H groups in total. The van der Waals surface area contributed by atoms with Crippen molar-refractivity contribution >= 4 is 0 Å². The number of aliphatic hydroxyl groups excluding tert-OH is 1. The van der Waals surface area contributed by atoms with Gasteiger partial charge < -0.3 is 5.11 Å². The molecule has 5 rings (SSSR count). The molecule has 0 aromatic rings. The fraction of sp³-hybridized carbons (Fsp3) is 0.935. The van der Waals surface area contributed by atoms with Crippen LogP contribution in [0.5, 0.6) is 0 Å². The van der Waals surface area contributed by atoms with Crippen molar-refractivity contribution in [1.29, 1.82) is 0 Å². The molecule has 182 valence electrons. The highest BCUT2D eigenvalue weighted by molar-refractivity contribution is 5.30. The lowest BCUT2D eigenvalue weighted by molar-refractivity contribution is -0.161. The predicted molar refractivity (Wildman–Crippen MR) is 135 cm³/mol. The molecule has 9 atom stereocenters. The lowest BCUT2D eigenvalue weighted by Gasteiger charge is -2.63. The van der Waals surface area contributed by atoms with Crippen LogP contribution in [-0.2, 0) is 0 Å². The molecule has 0 saturated heterocycles. The summed E-state index contributed by atoms with van der Waals surface area (Å²) in [6, 6.07) is 0. The van der Waals surface area contributed by atoms with Gasteiger partial charge in [-0.15, -0.1) is 0 Å². The molecule has 1 nitrogen and oxygen atoms in total. The Hall–Kier alpha value is -0.300. The van der Waals surface area contributed by atoms with Crippen molar-refractivity contribution in [1.82, 2.24) is 0 Å². The van der Waals surface area contributed by atoms with Crippen molar-refractivity contribution in [2.45, 2.75) is 125 Å². The van der Waals surface area contributed by atoms with E-state index >= 15 is 0 Å². The second-order valence-electron chi connectivity index (χ2n) is 14.9. The molecule has 5 saturated carbocycles. The van der Waals surface area contributed by atoms with Gasteiger partial charge in [0.2, 0.25) is 0 Å². The zero-order chi connectivity index (χ0) is 23.3. The van der Waals surface area contributed by atoms with Gasteiger partial charge in [0.15, 0.2) is 0 Å². The fourth-order valence-electron chi connectivity index (χ4n) is 11.2. The van der Waals surface area contributed by atoms with Gasteiger partial charge in [0, 0.05) is 0 Å². The molecular weight excluding hydrogens is 388 g/mol.